The van der Waals surface area contributed by atoms with Crippen LogP contribution >= 0.6 is 34.8 Å². The third-order valence-corrected chi connectivity index (χ3v) is 18.8. The molecule has 0 spiro atoms. The van der Waals surface area contributed by atoms with Crippen molar-refractivity contribution in [2.45, 2.75) is 141 Å². The number of carbonyl (C=O) groups excluding carboxylic acids is 6. The van der Waals surface area contributed by atoms with Gasteiger partial charge in [-0.05, 0) is 116 Å². The normalized spacial score (nSPS) is 13.4. The number of aliphatic carboxylic acids is 3. The van der Waals surface area contributed by atoms with E-state index in [0.29, 0.717) is 76.8 Å². The number of halogens is 3. The monoisotopic (exact) mass is 1530 g/mol. The summed E-state index contributed by atoms with van der Waals surface area (Å²) in [5.41, 5.74) is 5.88. The number of nitrogens with zero attached hydrogens (tertiary/aromatic N) is 9. The summed E-state index contributed by atoms with van der Waals surface area (Å²) < 4.78 is 5.10. The molecule has 4 heterocycles. The number of carboxylic acid groups (broad SMARTS) is 3. The van der Waals surface area contributed by atoms with E-state index in [2.05, 4.69) is 61.8 Å². The van der Waals surface area contributed by atoms with E-state index in [1.54, 1.807) is 109 Å². The molecule has 11 rings (SSSR count). The van der Waals surface area contributed by atoms with Crippen molar-refractivity contribution in [2.24, 2.45) is 0 Å². The summed E-state index contributed by atoms with van der Waals surface area (Å²) in [6.45, 7) is 1.50. The molecule has 3 fully saturated rings. The first-order valence-corrected chi connectivity index (χ1v) is 36.5. The average molecular weight is 1540 g/mol. The molecule has 0 radical (unpaired) electrons. The molecule has 3 aliphatic carbocycles. The second-order valence-electron chi connectivity index (χ2n) is 26.7. The van der Waals surface area contributed by atoms with Crippen molar-refractivity contribution in [3.8, 4) is 0 Å². The Balaban J connectivity index is 0.000000187. The number of rotatable bonds is 29. The Hall–Kier alpha value is -11.1. The van der Waals surface area contributed by atoms with Crippen LogP contribution in [0.15, 0.2) is 126 Å². The number of hydrogen-bond acceptors (Lipinski definition) is 19. The van der Waals surface area contributed by atoms with Gasteiger partial charge in [0.1, 0.15) is 50.4 Å². The Morgan fingerprint density at radius 2 is 0.731 bits per heavy atom. The van der Waals surface area contributed by atoms with Crippen LogP contribution in [0, 0.1) is 0 Å². The van der Waals surface area contributed by atoms with Crippen LogP contribution in [0.3, 0.4) is 0 Å². The van der Waals surface area contributed by atoms with Crippen LogP contribution in [0.1, 0.15) is 156 Å². The molecule has 0 bridgehead atoms. The molecule has 28 nitrogen and oxygen atoms in total. The number of likely N-dealkylation sites (N-methyl/N-ethyl adjacent to an activating group) is 3. The summed E-state index contributed by atoms with van der Waals surface area (Å²) in [4.78, 5) is 139. The summed E-state index contributed by atoms with van der Waals surface area (Å²) in [6, 6.07) is 34.3. The molecule has 3 saturated carbocycles. The van der Waals surface area contributed by atoms with Crippen LogP contribution < -0.4 is 46.6 Å². The van der Waals surface area contributed by atoms with Gasteiger partial charge < -0.3 is 66.3 Å². The molecule has 8 aromatic rings. The first-order valence-electron chi connectivity index (χ1n) is 35.4. The Morgan fingerprint density at radius 3 is 1.03 bits per heavy atom. The molecular formula is C77H86Cl3N15O13. The largest absolute Gasteiger partial charge is 0.481 e. The number of carbonyl (C=O) groups is 9. The fourth-order valence-electron chi connectivity index (χ4n) is 12.7. The van der Waals surface area contributed by atoms with Crippen LogP contribution in [0.4, 0.5) is 34.5 Å². The minimum absolute atomic E-state index is 0.0139. The fourth-order valence-corrected chi connectivity index (χ4v) is 13.5. The molecule has 31 heteroatoms. The maximum absolute atomic E-state index is 12.6. The molecule has 9 N–H and O–H groups in total. The van der Waals surface area contributed by atoms with Crippen molar-refractivity contribution in [3.63, 3.8) is 0 Å². The maximum atomic E-state index is 12.6. The highest BCUT2D eigenvalue weighted by Gasteiger charge is 2.28. The third-order valence-electron chi connectivity index (χ3n) is 17.9. The lowest BCUT2D eigenvalue weighted by Gasteiger charge is -2.22. The third kappa shape index (κ3) is 25.0. The Labute approximate surface area is 639 Å². The lowest BCUT2D eigenvalue weighted by Crippen LogP contribution is -2.40. The molecule has 0 aliphatic heterocycles. The molecule has 0 saturated heterocycles. The topological polar surface area (TPSA) is 387 Å². The molecule has 0 unspecified atom stereocenters. The number of amides is 6. The number of carboxylic acids is 3. The molecule has 4 aromatic carbocycles. The van der Waals surface area contributed by atoms with Gasteiger partial charge in [0.2, 0.25) is 23.6 Å². The summed E-state index contributed by atoms with van der Waals surface area (Å²) in [7, 11) is 5.05. The molecule has 0 atom stereocenters. The Bertz CT molecular complexity index is 4470. The van der Waals surface area contributed by atoms with Gasteiger partial charge in [0.15, 0.2) is 5.76 Å². The molecular weight excluding hydrogens is 1450 g/mol. The minimum Gasteiger partial charge on any atom is -0.481 e. The molecule has 3 aliphatic rings. The number of nitrogens with one attached hydrogen (secondary N) is 6. The lowest BCUT2D eigenvalue weighted by molar-refractivity contribution is -0.137. The van der Waals surface area contributed by atoms with E-state index >= 15 is 0 Å². The minimum atomic E-state index is -1.07. The zero-order valence-corrected chi connectivity index (χ0v) is 62.5. The zero-order valence-electron chi connectivity index (χ0n) is 60.2. The lowest BCUT2D eigenvalue weighted by atomic mass is 10.1. The Morgan fingerprint density at radius 1 is 0.417 bits per heavy atom. The van der Waals surface area contributed by atoms with Gasteiger partial charge in [-0.15, -0.1) is 0 Å². The van der Waals surface area contributed by atoms with Crippen LogP contribution in [0.5, 0.6) is 0 Å². The van der Waals surface area contributed by atoms with Crippen LogP contribution in [0.25, 0.3) is 0 Å². The van der Waals surface area contributed by atoms with Crippen molar-refractivity contribution in [3.05, 3.63) is 199 Å². The highest BCUT2D eigenvalue weighted by atomic mass is 35.5. The quantitative estimate of drug-likeness (QED) is 0.0197. The van der Waals surface area contributed by atoms with Gasteiger partial charge in [0, 0.05) is 105 Å². The van der Waals surface area contributed by atoms with E-state index in [0.717, 1.165) is 93.7 Å². The second kappa shape index (κ2) is 39.5. The predicted molar refractivity (Wildman–Crippen MR) is 409 cm³/mol. The zero-order chi connectivity index (χ0) is 77.4. The first-order chi connectivity index (χ1) is 51.8. The van der Waals surface area contributed by atoms with Crippen molar-refractivity contribution in [1.29, 1.82) is 0 Å². The molecule has 108 heavy (non-hydrogen) atoms. The number of aromatic nitrogens is 6. The van der Waals surface area contributed by atoms with E-state index < -0.39 is 17.9 Å². The van der Waals surface area contributed by atoms with Gasteiger partial charge in [-0.1, -0.05) is 128 Å². The van der Waals surface area contributed by atoms with E-state index in [9.17, 15) is 58.5 Å². The highest BCUT2D eigenvalue weighted by molar-refractivity contribution is 6.31. The van der Waals surface area contributed by atoms with Gasteiger partial charge in [0.05, 0.1) is 45.2 Å². The van der Waals surface area contributed by atoms with Gasteiger partial charge in [-0.2, -0.15) is 0 Å². The molecule has 6 amide bonds. The van der Waals surface area contributed by atoms with E-state index in [1.807, 2.05) is 42.5 Å². The highest BCUT2D eigenvalue weighted by Crippen LogP contribution is 2.31. The van der Waals surface area contributed by atoms with Crippen molar-refractivity contribution in [2.75, 3.05) is 71.4 Å². The van der Waals surface area contributed by atoms with Gasteiger partial charge in [-0.25, -0.2) is 29.9 Å². The summed E-state index contributed by atoms with van der Waals surface area (Å²) in [6.07, 6.45) is 13.8. The van der Waals surface area contributed by atoms with E-state index in [-0.39, 0.29) is 130 Å². The van der Waals surface area contributed by atoms with Crippen molar-refractivity contribution in [1.82, 2.24) is 45.9 Å². The molecule has 4 aromatic heterocycles. The van der Waals surface area contributed by atoms with E-state index in [1.165, 1.54) is 13.2 Å². The number of furan rings is 1. The van der Waals surface area contributed by atoms with E-state index in [4.69, 9.17) is 39.2 Å². The fraction of sp³-hybridized carbons (Fsp3) is 0.364. The number of benzene rings is 4. The van der Waals surface area contributed by atoms with Crippen LogP contribution in [-0.4, -0.2) is 157 Å². The predicted octanol–water partition coefficient (Wildman–Crippen LogP) is 10.6. The van der Waals surface area contributed by atoms with Gasteiger partial charge >= 0.3 is 17.9 Å². The number of anilines is 6. The maximum Gasteiger partial charge on any atom is 0.308 e. The SMILES string of the molecule is CC(=O)Nc1ccc(Cc2nc(Cl)c(CC(=O)O)c(N(C)CC(=O)NC3CCCC3)n2)cc1.CN(CC(=O)NC1CCCC1)c1nc(Cc2ccc(NC(=O)c3ccccc3)cc2)nc(Cl)c1CC(=O)O.CN(CC(=O)NC1CCCC1)c1nc(Cc2ccc(NC(=O)c3ccco3)cc2)nc(Cl)c1CC(=O)O. The molecule has 568 valence electrons. The van der Waals surface area contributed by atoms with Gasteiger partial charge in [0.25, 0.3) is 11.8 Å². The Kier molecular flexibility index (Phi) is 29.6. The van der Waals surface area contributed by atoms with Crippen LogP contribution in [-0.2, 0) is 72.1 Å². The van der Waals surface area contributed by atoms with Crippen molar-refractivity contribution >= 4 is 123 Å². The van der Waals surface area contributed by atoms with Gasteiger partial charge in [-0.3, -0.25) is 43.2 Å². The average Bonchev–Trinajstić information content (AvgIpc) is 1.01. The summed E-state index contributed by atoms with van der Waals surface area (Å²) >= 11 is 19.2. The second-order valence-corrected chi connectivity index (χ2v) is 27.8. The summed E-state index contributed by atoms with van der Waals surface area (Å²) in [5.74, 6) is -2.03. The number of hydrogen-bond donors (Lipinski definition) is 9. The summed E-state index contributed by atoms with van der Waals surface area (Å²) in [5, 5.41) is 45.6. The smallest absolute Gasteiger partial charge is 0.308 e. The standard InChI is InChI=1S/C28H30ClN5O4.C26H28ClN5O5.C23H28ClN5O4/c1-34(17-24(35)30-20-9-5-6-10-20)27-22(16-25(36)37)26(29)32-23(33-27)15-18-11-13-21(14-12-18)31-28(38)19-7-3-2-4-8-19;1-32(15-22(33)28-17-5-2-3-6-17)25-19(14-23(34)35)24(27)30-21(31-25)13-16-8-10-18(11-9-16)29-26(36)20-7-4-12-37-20;1-14(30)25-17-9-7-15(8-10-17)11-19-27-22(24)18(12-21(32)33)23(28-19)29(2)13-20(31)26-16-5-3-4-6-16/h2-4,7-8,11-14,20H,5-6,9-10,15-17H2,1H3,(H,30,35)(H,31,38)(H,36,37);4,7-12,17H,2-3,5-6,13-15H2,1H3,(H,28,33)(H,29,36)(H,34,35);7-10,16H,3-6,11-13H2,1-2H3,(H,25,30)(H,26,31)(H,32,33). The van der Waals surface area contributed by atoms with Crippen LogP contribution in [0.2, 0.25) is 15.5 Å². The first kappa shape index (κ1) is 81.0. The van der Waals surface area contributed by atoms with Crippen molar-refractivity contribution < 1.29 is 62.9 Å².